The zero-order valence-corrected chi connectivity index (χ0v) is 13.1. The first-order chi connectivity index (χ1) is 11.1. The lowest BCUT2D eigenvalue weighted by Crippen LogP contribution is -2.30. The molecule has 4 rings (SSSR count). The molecule has 0 saturated heterocycles. The number of fused-ring (bicyclic) bond motifs is 3. The average Bonchev–Trinajstić information content (AvgIpc) is 2.56. The van der Waals surface area contributed by atoms with Crippen molar-refractivity contribution in [2.75, 3.05) is 0 Å². The topological polar surface area (TPSA) is 60.7 Å². The number of benzene rings is 2. The number of phenolic OH excluding ortho intramolecular Hbond substituents is 3. The molecule has 3 unspecified atom stereocenters. The van der Waals surface area contributed by atoms with Gasteiger partial charge in [0.25, 0.3) is 0 Å². The molecule has 2 aliphatic carbocycles. The van der Waals surface area contributed by atoms with Crippen molar-refractivity contribution in [1.29, 1.82) is 0 Å². The van der Waals surface area contributed by atoms with Crippen molar-refractivity contribution in [3.05, 3.63) is 53.1 Å². The van der Waals surface area contributed by atoms with Crippen molar-refractivity contribution in [3.63, 3.8) is 0 Å². The summed E-state index contributed by atoms with van der Waals surface area (Å²) in [6, 6.07) is 11.1. The summed E-state index contributed by atoms with van der Waals surface area (Å²) in [6.07, 6.45) is 5.72. The quantitative estimate of drug-likeness (QED) is 0.683. The second-order valence-electron chi connectivity index (χ2n) is 7.00. The lowest BCUT2D eigenvalue weighted by molar-refractivity contribution is 0.242. The Bertz CT molecular complexity index is 720. The van der Waals surface area contributed by atoms with Gasteiger partial charge < -0.3 is 15.3 Å². The van der Waals surface area contributed by atoms with E-state index in [1.54, 1.807) is 24.3 Å². The van der Waals surface area contributed by atoms with Crippen LogP contribution >= 0.6 is 0 Å². The van der Waals surface area contributed by atoms with Crippen LogP contribution in [0.15, 0.2) is 36.4 Å². The van der Waals surface area contributed by atoms with Crippen LogP contribution in [0.25, 0.3) is 0 Å². The van der Waals surface area contributed by atoms with Crippen molar-refractivity contribution in [2.24, 2.45) is 5.92 Å². The molecule has 1 fully saturated rings. The highest BCUT2D eigenvalue weighted by molar-refractivity contribution is 5.50. The minimum atomic E-state index is -0.0255. The number of hydrogen-bond donors (Lipinski definition) is 3. The van der Waals surface area contributed by atoms with Gasteiger partial charge in [-0.3, -0.25) is 0 Å². The Morgan fingerprint density at radius 2 is 1.48 bits per heavy atom. The maximum atomic E-state index is 9.90. The van der Waals surface area contributed by atoms with Gasteiger partial charge in [0.05, 0.1) is 0 Å². The first-order valence-electron chi connectivity index (χ1n) is 8.47. The number of phenols is 3. The van der Waals surface area contributed by atoms with Crippen LogP contribution in [0.4, 0.5) is 0 Å². The van der Waals surface area contributed by atoms with Gasteiger partial charge in [0.2, 0.25) is 0 Å². The molecule has 0 radical (unpaired) electrons. The fourth-order valence-corrected chi connectivity index (χ4v) is 4.66. The second-order valence-corrected chi connectivity index (χ2v) is 7.00. The van der Waals surface area contributed by atoms with Crippen LogP contribution in [0.2, 0.25) is 0 Å². The Hall–Kier alpha value is -2.16. The summed E-state index contributed by atoms with van der Waals surface area (Å²) >= 11 is 0. The fraction of sp³-hybridized carbons (Fsp3) is 0.400. The van der Waals surface area contributed by atoms with Gasteiger partial charge in [-0.2, -0.15) is 0 Å². The molecule has 3 atom stereocenters. The van der Waals surface area contributed by atoms with Crippen molar-refractivity contribution < 1.29 is 15.3 Å². The standard InChI is InChI=1S/C20H22O3/c21-14-7-5-12(6-8-14)17-9-13-10-19(22)20(23)11-18(13)16-4-2-1-3-15(16)17/h5-8,10-11,15-17,21-23H,1-4,9H2. The molecule has 0 bridgehead atoms. The van der Waals surface area contributed by atoms with E-state index in [4.69, 9.17) is 0 Å². The zero-order chi connectivity index (χ0) is 16.0. The summed E-state index contributed by atoms with van der Waals surface area (Å²) in [7, 11) is 0. The van der Waals surface area contributed by atoms with Gasteiger partial charge in [-0.15, -0.1) is 0 Å². The van der Waals surface area contributed by atoms with Gasteiger partial charge in [0, 0.05) is 0 Å². The molecular formula is C20H22O3. The van der Waals surface area contributed by atoms with Gasteiger partial charge in [-0.1, -0.05) is 25.0 Å². The summed E-state index contributed by atoms with van der Waals surface area (Å²) in [4.78, 5) is 0. The Labute approximate surface area is 136 Å². The Morgan fingerprint density at radius 3 is 2.26 bits per heavy atom. The molecule has 0 amide bonds. The van der Waals surface area contributed by atoms with E-state index in [0.29, 0.717) is 23.5 Å². The summed E-state index contributed by atoms with van der Waals surface area (Å²) in [5.74, 6) is 1.71. The molecule has 3 nitrogen and oxygen atoms in total. The minimum Gasteiger partial charge on any atom is -0.508 e. The Morgan fingerprint density at radius 1 is 0.783 bits per heavy atom. The predicted molar refractivity (Wildman–Crippen MR) is 89.0 cm³/mol. The lowest BCUT2D eigenvalue weighted by Gasteiger charge is -2.43. The molecule has 1 saturated carbocycles. The Kier molecular flexibility index (Phi) is 3.44. The molecule has 23 heavy (non-hydrogen) atoms. The van der Waals surface area contributed by atoms with E-state index in [2.05, 4.69) is 0 Å². The van der Waals surface area contributed by atoms with E-state index >= 15 is 0 Å². The van der Waals surface area contributed by atoms with Gasteiger partial charge in [-0.25, -0.2) is 0 Å². The fourth-order valence-electron chi connectivity index (χ4n) is 4.66. The van der Waals surface area contributed by atoms with E-state index in [1.165, 1.54) is 30.4 Å². The summed E-state index contributed by atoms with van der Waals surface area (Å²) in [6.45, 7) is 0. The zero-order valence-electron chi connectivity index (χ0n) is 13.1. The van der Waals surface area contributed by atoms with Crippen molar-refractivity contribution in [3.8, 4) is 17.2 Å². The van der Waals surface area contributed by atoms with Crippen LogP contribution in [0.5, 0.6) is 17.2 Å². The molecule has 0 heterocycles. The third-order valence-electron chi connectivity index (χ3n) is 5.73. The summed E-state index contributed by atoms with van der Waals surface area (Å²) in [5, 5.41) is 29.3. The molecule has 3 heteroatoms. The third kappa shape index (κ3) is 2.44. The monoisotopic (exact) mass is 310 g/mol. The molecule has 3 N–H and O–H groups in total. The number of hydrogen-bond acceptors (Lipinski definition) is 3. The van der Waals surface area contributed by atoms with Crippen LogP contribution in [-0.2, 0) is 6.42 Å². The second kappa shape index (κ2) is 5.48. The van der Waals surface area contributed by atoms with E-state index in [1.807, 2.05) is 12.1 Å². The van der Waals surface area contributed by atoms with Crippen LogP contribution < -0.4 is 0 Å². The van der Waals surface area contributed by atoms with Crippen LogP contribution in [0.3, 0.4) is 0 Å². The first kappa shape index (κ1) is 14.4. The molecule has 0 aliphatic heterocycles. The smallest absolute Gasteiger partial charge is 0.157 e. The van der Waals surface area contributed by atoms with Gasteiger partial charge in [0.1, 0.15) is 5.75 Å². The first-order valence-corrected chi connectivity index (χ1v) is 8.47. The highest BCUT2D eigenvalue weighted by atomic mass is 16.3. The maximum absolute atomic E-state index is 9.90. The normalized spacial score (nSPS) is 26.3. The molecule has 2 aliphatic rings. The molecule has 2 aromatic carbocycles. The highest BCUT2D eigenvalue weighted by Crippen LogP contribution is 2.52. The van der Waals surface area contributed by atoms with Crippen molar-refractivity contribution >= 4 is 0 Å². The van der Waals surface area contributed by atoms with Crippen molar-refractivity contribution in [1.82, 2.24) is 0 Å². The average molecular weight is 310 g/mol. The molecule has 0 aromatic heterocycles. The summed E-state index contributed by atoms with van der Waals surface area (Å²) in [5.41, 5.74) is 3.64. The number of aromatic hydroxyl groups is 3. The summed E-state index contributed by atoms with van der Waals surface area (Å²) < 4.78 is 0. The van der Waals surface area contributed by atoms with E-state index in [-0.39, 0.29) is 11.5 Å². The van der Waals surface area contributed by atoms with E-state index in [9.17, 15) is 15.3 Å². The molecule has 120 valence electrons. The maximum Gasteiger partial charge on any atom is 0.157 e. The Balaban J connectivity index is 1.79. The van der Waals surface area contributed by atoms with E-state index in [0.717, 1.165) is 18.4 Å². The third-order valence-corrected chi connectivity index (χ3v) is 5.73. The van der Waals surface area contributed by atoms with Gasteiger partial charge >= 0.3 is 0 Å². The predicted octanol–water partition coefficient (Wildman–Crippen LogP) is 4.42. The minimum absolute atomic E-state index is 0.00356. The van der Waals surface area contributed by atoms with Gasteiger partial charge in [0.15, 0.2) is 11.5 Å². The number of rotatable bonds is 1. The molecule has 0 spiro atoms. The molecular weight excluding hydrogens is 288 g/mol. The molecule has 2 aromatic rings. The highest BCUT2D eigenvalue weighted by Gasteiger charge is 2.39. The SMILES string of the molecule is Oc1ccc(C2Cc3cc(O)c(O)cc3C3CCCCC23)cc1. The van der Waals surface area contributed by atoms with Crippen LogP contribution in [-0.4, -0.2) is 15.3 Å². The van der Waals surface area contributed by atoms with Crippen LogP contribution in [0, 0.1) is 5.92 Å². The van der Waals surface area contributed by atoms with Gasteiger partial charge in [-0.05, 0) is 78.0 Å². The lowest BCUT2D eigenvalue weighted by atomic mass is 9.61. The van der Waals surface area contributed by atoms with Crippen LogP contribution in [0.1, 0.15) is 54.2 Å². The van der Waals surface area contributed by atoms with Crippen molar-refractivity contribution in [2.45, 2.75) is 43.9 Å². The largest absolute Gasteiger partial charge is 0.508 e. The van der Waals surface area contributed by atoms with E-state index < -0.39 is 0 Å².